The summed E-state index contributed by atoms with van der Waals surface area (Å²) < 4.78 is 52.8. The molecule has 1 unspecified atom stereocenters. The number of aromatic nitrogens is 3. The molecule has 0 radical (unpaired) electrons. The van der Waals surface area contributed by atoms with Crippen molar-refractivity contribution < 1.29 is 27.4 Å². The maximum atomic E-state index is 14.3. The Morgan fingerprint density at radius 2 is 1.87 bits per heavy atom. The Bertz CT molecular complexity index is 1940. The van der Waals surface area contributed by atoms with Crippen molar-refractivity contribution in [2.45, 2.75) is 49.2 Å². The third-order valence-corrected chi connectivity index (χ3v) is 11.6. The number of benzene rings is 2. The average molecular weight is 666 g/mol. The Balaban J connectivity index is 1.37. The van der Waals surface area contributed by atoms with Crippen LogP contribution < -0.4 is 4.74 Å². The summed E-state index contributed by atoms with van der Waals surface area (Å²) in [7, 11) is -2.46. The molecule has 12 heteroatoms. The van der Waals surface area contributed by atoms with E-state index in [2.05, 4.69) is 4.98 Å². The predicted octanol–water partition coefficient (Wildman–Crippen LogP) is 7.19. The lowest BCUT2D eigenvalue weighted by Crippen LogP contribution is -2.37. The van der Waals surface area contributed by atoms with E-state index in [0.717, 1.165) is 41.1 Å². The van der Waals surface area contributed by atoms with Gasteiger partial charge in [-0.2, -0.15) is 0 Å². The third kappa shape index (κ3) is 5.55. The SMILES string of the molecule is COCOC1(c2ncc(-c3c(Cl)cnc4c3cc(-c3ccc(OC5CCOC5)cc3)n4S(=O)(=O)c3ccc(C)cc3)s2)CCC1. The number of halogens is 1. The van der Waals surface area contributed by atoms with Gasteiger partial charge in [-0.25, -0.2) is 22.4 Å². The molecule has 1 saturated heterocycles. The second-order valence-electron chi connectivity index (χ2n) is 11.4. The van der Waals surface area contributed by atoms with Gasteiger partial charge in [0.1, 0.15) is 29.3 Å². The summed E-state index contributed by atoms with van der Waals surface area (Å²) in [6.45, 7) is 3.33. The lowest BCUT2D eigenvalue weighted by Gasteiger charge is -2.39. The van der Waals surface area contributed by atoms with Gasteiger partial charge in [0.05, 0.1) is 33.7 Å². The van der Waals surface area contributed by atoms with Gasteiger partial charge in [0.25, 0.3) is 10.0 Å². The monoisotopic (exact) mass is 665 g/mol. The minimum atomic E-state index is -4.06. The van der Waals surface area contributed by atoms with Gasteiger partial charge in [0.15, 0.2) is 5.65 Å². The predicted molar refractivity (Wildman–Crippen MR) is 173 cm³/mol. The van der Waals surface area contributed by atoms with Crippen molar-refractivity contribution in [2.24, 2.45) is 0 Å². The van der Waals surface area contributed by atoms with Gasteiger partial charge in [0.2, 0.25) is 0 Å². The van der Waals surface area contributed by atoms with Crippen LogP contribution in [0.3, 0.4) is 0 Å². The zero-order chi connectivity index (χ0) is 31.2. The molecule has 45 heavy (non-hydrogen) atoms. The zero-order valence-corrected chi connectivity index (χ0v) is 27.3. The van der Waals surface area contributed by atoms with Gasteiger partial charge in [-0.15, -0.1) is 11.3 Å². The van der Waals surface area contributed by atoms with Crippen LogP contribution in [0.5, 0.6) is 5.75 Å². The lowest BCUT2D eigenvalue weighted by atomic mass is 9.80. The van der Waals surface area contributed by atoms with Crippen LogP contribution in [0.4, 0.5) is 0 Å². The van der Waals surface area contributed by atoms with Gasteiger partial charge in [-0.3, -0.25) is 0 Å². The number of ether oxygens (including phenoxy) is 4. The number of rotatable bonds is 10. The number of hydrogen-bond acceptors (Lipinski definition) is 9. The second-order valence-corrected chi connectivity index (χ2v) is 14.6. The topological polar surface area (TPSA) is 102 Å². The minimum absolute atomic E-state index is 0.00128. The zero-order valence-electron chi connectivity index (χ0n) is 24.9. The molecule has 0 bridgehead atoms. The molecule has 0 N–H and O–H groups in total. The highest BCUT2D eigenvalue weighted by molar-refractivity contribution is 7.90. The van der Waals surface area contributed by atoms with Crippen LogP contribution in [0.1, 0.15) is 36.3 Å². The van der Waals surface area contributed by atoms with Crippen molar-refractivity contribution in [2.75, 3.05) is 27.1 Å². The average Bonchev–Trinajstić information content (AvgIpc) is 3.78. The first-order chi connectivity index (χ1) is 21.8. The Morgan fingerprint density at radius 3 is 2.53 bits per heavy atom. The van der Waals surface area contributed by atoms with Crippen molar-refractivity contribution in [3.05, 3.63) is 82.6 Å². The van der Waals surface area contributed by atoms with Crippen LogP contribution in [0.15, 0.2) is 71.9 Å². The lowest BCUT2D eigenvalue weighted by molar-refractivity contribution is -0.171. The molecule has 2 aromatic carbocycles. The van der Waals surface area contributed by atoms with Crippen LogP contribution in [-0.2, 0) is 29.8 Å². The van der Waals surface area contributed by atoms with Crippen LogP contribution >= 0.6 is 22.9 Å². The molecule has 2 aliphatic rings. The molecule has 3 aromatic heterocycles. The van der Waals surface area contributed by atoms with Crippen LogP contribution in [0, 0.1) is 6.92 Å². The summed E-state index contributed by atoms with van der Waals surface area (Å²) in [5.41, 5.74) is 2.57. The van der Waals surface area contributed by atoms with E-state index in [-0.39, 0.29) is 23.4 Å². The highest BCUT2D eigenvalue weighted by Gasteiger charge is 2.43. The van der Waals surface area contributed by atoms with E-state index >= 15 is 0 Å². The molecule has 234 valence electrons. The molecule has 5 aromatic rings. The number of fused-ring (bicyclic) bond motifs is 1. The molecule has 4 heterocycles. The molecule has 1 aliphatic carbocycles. The molecule has 1 atom stereocenters. The summed E-state index contributed by atoms with van der Waals surface area (Å²) >= 11 is 8.32. The summed E-state index contributed by atoms with van der Waals surface area (Å²) in [5, 5.41) is 1.85. The van der Waals surface area contributed by atoms with Crippen molar-refractivity contribution in [1.82, 2.24) is 13.9 Å². The highest BCUT2D eigenvalue weighted by atomic mass is 35.5. The minimum Gasteiger partial charge on any atom is -0.488 e. The van der Waals surface area contributed by atoms with Gasteiger partial charge in [-0.1, -0.05) is 29.3 Å². The second kappa shape index (κ2) is 12.1. The van der Waals surface area contributed by atoms with Gasteiger partial charge < -0.3 is 18.9 Å². The first-order valence-electron chi connectivity index (χ1n) is 14.8. The Morgan fingerprint density at radius 1 is 1.09 bits per heavy atom. The molecule has 7 rings (SSSR count). The van der Waals surface area contributed by atoms with Crippen LogP contribution in [-0.4, -0.2) is 55.6 Å². The molecular weight excluding hydrogens is 634 g/mol. The number of nitrogens with zero attached hydrogens (tertiary/aromatic N) is 3. The maximum Gasteiger partial charge on any atom is 0.269 e. The molecule has 2 fully saturated rings. The standard InChI is InChI=1S/C33H32ClN3O6S2/c1-21-4-10-25(11-5-21)45(38,39)37-28(22-6-8-23(9-7-22)43-24-12-15-41-19-24)16-26-30(27(34)17-35-31(26)37)29-18-36-32(44-29)33(13-3-14-33)42-20-40-2/h4-11,16-18,24H,3,12-15,19-20H2,1-2H3. The van der Waals surface area contributed by atoms with E-state index in [1.54, 1.807) is 37.6 Å². The van der Waals surface area contributed by atoms with Crippen LogP contribution in [0.25, 0.3) is 32.7 Å². The van der Waals surface area contributed by atoms with Gasteiger partial charge >= 0.3 is 0 Å². The number of hydrogen-bond donors (Lipinski definition) is 0. The molecular formula is C33H32ClN3O6S2. The van der Waals surface area contributed by atoms with E-state index in [0.29, 0.717) is 46.2 Å². The fourth-order valence-electron chi connectivity index (χ4n) is 5.80. The summed E-state index contributed by atoms with van der Waals surface area (Å²) in [6.07, 6.45) is 6.86. The van der Waals surface area contributed by atoms with Gasteiger partial charge in [0, 0.05) is 36.9 Å². The first kappa shape index (κ1) is 30.3. The Hall–Kier alpha value is -3.32. The van der Waals surface area contributed by atoms with E-state index in [1.165, 1.54) is 21.5 Å². The van der Waals surface area contributed by atoms with E-state index in [1.807, 2.05) is 37.3 Å². The van der Waals surface area contributed by atoms with Crippen molar-refractivity contribution >= 4 is 44.0 Å². The molecule has 9 nitrogen and oxygen atoms in total. The maximum absolute atomic E-state index is 14.3. The Labute approximate surface area is 270 Å². The highest BCUT2D eigenvalue weighted by Crippen LogP contribution is 2.49. The first-order valence-corrected chi connectivity index (χ1v) is 17.4. The third-order valence-electron chi connectivity index (χ3n) is 8.40. The smallest absolute Gasteiger partial charge is 0.269 e. The Kier molecular flexibility index (Phi) is 8.18. The fourth-order valence-corrected chi connectivity index (χ4v) is 8.78. The van der Waals surface area contributed by atoms with E-state index < -0.39 is 15.6 Å². The molecule has 1 aliphatic heterocycles. The normalized spacial score (nSPS) is 17.9. The largest absolute Gasteiger partial charge is 0.488 e. The summed E-state index contributed by atoms with van der Waals surface area (Å²) in [6, 6.07) is 16.1. The fraction of sp³-hybridized carbons (Fsp3) is 0.333. The molecule has 1 saturated carbocycles. The van der Waals surface area contributed by atoms with Crippen molar-refractivity contribution in [1.29, 1.82) is 0 Å². The summed E-state index contributed by atoms with van der Waals surface area (Å²) in [4.78, 5) is 10.3. The van der Waals surface area contributed by atoms with Crippen molar-refractivity contribution in [3.63, 3.8) is 0 Å². The number of thiazole rings is 1. The number of pyridine rings is 1. The van der Waals surface area contributed by atoms with Gasteiger partial charge in [-0.05, 0) is 74.2 Å². The van der Waals surface area contributed by atoms with Crippen molar-refractivity contribution in [3.8, 4) is 27.4 Å². The molecule has 0 amide bonds. The quantitative estimate of drug-likeness (QED) is 0.145. The van der Waals surface area contributed by atoms with E-state index in [4.69, 9.17) is 35.5 Å². The number of methoxy groups -OCH3 is 1. The molecule has 0 spiro atoms. The number of aryl methyl sites for hydroxylation is 1. The van der Waals surface area contributed by atoms with E-state index in [9.17, 15) is 8.42 Å². The van der Waals surface area contributed by atoms with Crippen LogP contribution in [0.2, 0.25) is 5.02 Å². The summed E-state index contributed by atoms with van der Waals surface area (Å²) in [5.74, 6) is 0.693.